The zero-order valence-corrected chi connectivity index (χ0v) is 35.8. The van der Waals surface area contributed by atoms with Crippen LogP contribution in [-0.2, 0) is 27.7 Å². The molecule has 3 aliphatic heterocycles. The van der Waals surface area contributed by atoms with E-state index in [1.165, 1.54) is 16.7 Å². The molecule has 3 aromatic rings. The lowest BCUT2D eigenvalue weighted by Gasteiger charge is -2.35. The van der Waals surface area contributed by atoms with Crippen LogP contribution in [0.5, 0.6) is 0 Å². The van der Waals surface area contributed by atoms with Crippen LogP contribution in [0.4, 0.5) is 0 Å². The molecule has 0 bridgehead atoms. The second-order valence-electron chi connectivity index (χ2n) is 14.6. The molecule has 2 N–H and O–H groups in total. The fourth-order valence-electron chi connectivity index (χ4n) is 6.03. The van der Waals surface area contributed by atoms with Gasteiger partial charge < -0.3 is 29.0 Å². The highest BCUT2D eigenvalue weighted by atomic mass is 79.9. The fourth-order valence-corrected chi connectivity index (χ4v) is 6.93. The van der Waals surface area contributed by atoms with E-state index >= 15 is 0 Å². The third-order valence-corrected chi connectivity index (χ3v) is 11.9. The zero-order valence-electron chi connectivity index (χ0n) is 31.1. The summed E-state index contributed by atoms with van der Waals surface area (Å²) in [6.07, 6.45) is 0. The highest BCUT2D eigenvalue weighted by molar-refractivity contribution is 9.10. The molecule has 0 aliphatic carbocycles. The number of hydrogen-bond acceptors (Lipinski definition) is 8. The number of halogens is 3. The van der Waals surface area contributed by atoms with Crippen molar-refractivity contribution in [2.45, 2.75) is 71.0 Å². The van der Waals surface area contributed by atoms with Crippen LogP contribution in [0.1, 0.15) is 44.4 Å². The Balaban J connectivity index is 0.000000192. The third kappa shape index (κ3) is 13.3. The Bertz CT molecular complexity index is 1440. The Morgan fingerprint density at radius 1 is 0.588 bits per heavy atom. The summed E-state index contributed by atoms with van der Waals surface area (Å²) in [6, 6.07) is 25.3. The lowest BCUT2D eigenvalue weighted by atomic mass is 9.79. The Morgan fingerprint density at radius 3 is 1.25 bits per heavy atom. The summed E-state index contributed by atoms with van der Waals surface area (Å²) in [7, 11) is -0.959. The minimum Gasteiger partial charge on any atom is -0.437 e. The molecule has 3 fully saturated rings. The number of piperazine rings is 2. The Labute approximate surface area is 333 Å². The van der Waals surface area contributed by atoms with Crippen LogP contribution in [0.2, 0.25) is 13.6 Å². The molecule has 0 saturated carbocycles. The predicted molar refractivity (Wildman–Crippen MR) is 224 cm³/mol. The largest absolute Gasteiger partial charge is 0.494 e. The molecule has 6 rings (SSSR count). The lowest BCUT2D eigenvalue weighted by molar-refractivity contribution is 0.00578. The molecular weight excluding hydrogens is 837 g/mol. The molecule has 3 aliphatic rings. The third-order valence-electron chi connectivity index (χ3n) is 10.2. The van der Waals surface area contributed by atoms with E-state index in [1.807, 2.05) is 25.8 Å². The van der Waals surface area contributed by atoms with Crippen LogP contribution in [0, 0.1) is 0 Å². The number of hydrogen-bond donors (Lipinski definition) is 2. The van der Waals surface area contributed by atoms with Gasteiger partial charge in [-0.3, -0.25) is 9.80 Å². The fraction of sp³-hybridized carbons (Fsp3) is 0.514. The summed E-state index contributed by atoms with van der Waals surface area (Å²) in [4.78, 5) is 9.08. The van der Waals surface area contributed by atoms with E-state index < -0.39 is 0 Å². The quantitative estimate of drug-likeness (QED) is 0.204. The van der Waals surface area contributed by atoms with Gasteiger partial charge in [0, 0.05) is 79.7 Å². The van der Waals surface area contributed by atoms with Gasteiger partial charge in [0.2, 0.25) is 0 Å². The maximum absolute atomic E-state index is 9.64. The smallest absolute Gasteiger partial charge is 0.437 e. The topological polar surface area (TPSA) is 71.9 Å². The first-order valence-corrected chi connectivity index (χ1v) is 20.6. The van der Waals surface area contributed by atoms with Crippen molar-refractivity contribution in [3.8, 4) is 0 Å². The van der Waals surface area contributed by atoms with Crippen molar-refractivity contribution in [3.05, 3.63) is 98.4 Å². The van der Waals surface area contributed by atoms with Gasteiger partial charge in [0.15, 0.2) is 0 Å². The average Bonchev–Trinajstić information content (AvgIpc) is 3.33. The molecule has 14 heteroatoms. The molecule has 51 heavy (non-hydrogen) atoms. The molecular formula is C37H54B3Br3N4O4. The van der Waals surface area contributed by atoms with Gasteiger partial charge >= 0.3 is 21.2 Å². The van der Waals surface area contributed by atoms with Crippen LogP contribution in [0.15, 0.2) is 81.7 Å². The highest BCUT2D eigenvalue weighted by Gasteiger charge is 2.51. The van der Waals surface area contributed by atoms with Crippen LogP contribution in [-0.4, -0.2) is 114 Å². The number of nitrogens with zero attached hydrogens (tertiary/aromatic N) is 4. The normalized spacial score (nSPS) is 19.5. The van der Waals surface area contributed by atoms with E-state index in [0.717, 1.165) is 85.2 Å². The standard InChI is InChI=1S/C18H30B2N2O3.C12H18BBrN2O.C7H6Br2/c1-17(2)18(3,4)25-20(24-17)16-8-6-15(7-9-16)14-21-10-12-22(13-11-21)19(5)23;1-13(17)16-8-6-15(7-9-16)10-11-2-4-12(14)5-3-11;8-5-6-1-3-7(9)4-2-6/h6-9,23H,10-14H2,1-5H3;2-5,17H,6-10H2,1H3;1-4H,5H2. The molecule has 0 aromatic heterocycles. The van der Waals surface area contributed by atoms with Gasteiger partial charge in [-0.25, -0.2) is 0 Å². The molecule has 0 amide bonds. The first-order chi connectivity index (χ1) is 24.2. The molecule has 0 spiro atoms. The maximum Gasteiger partial charge on any atom is 0.494 e. The minimum absolute atomic E-state index is 0.298. The van der Waals surface area contributed by atoms with Gasteiger partial charge in [0.1, 0.15) is 0 Å². The molecule has 3 aromatic carbocycles. The van der Waals surface area contributed by atoms with Crippen molar-refractivity contribution in [2.75, 3.05) is 52.4 Å². The van der Waals surface area contributed by atoms with Crippen molar-refractivity contribution < 1.29 is 19.4 Å². The monoisotopic (exact) mass is 888 g/mol. The van der Waals surface area contributed by atoms with Gasteiger partial charge in [-0.15, -0.1) is 0 Å². The first kappa shape index (κ1) is 42.7. The molecule has 276 valence electrons. The van der Waals surface area contributed by atoms with E-state index in [9.17, 15) is 10.0 Å². The van der Waals surface area contributed by atoms with Crippen LogP contribution >= 0.6 is 47.8 Å². The summed E-state index contributed by atoms with van der Waals surface area (Å²) in [5, 5.41) is 20.1. The predicted octanol–water partition coefficient (Wildman–Crippen LogP) is 6.23. The van der Waals surface area contributed by atoms with E-state index in [0.29, 0.717) is 0 Å². The number of rotatable bonds is 8. The van der Waals surface area contributed by atoms with Crippen molar-refractivity contribution in [2.24, 2.45) is 0 Å². The van der Waals surface area contributed by atoms with E-state index in [1.54, 1.807) is 0 Å². The average molecular weight is 891 g/mol. The molecule has 3 heterocycles. The van der Waals surface area contributed by atoms with Crippen molar-refractivity contribution >= 4 is 74.5 Å². The summed E-state index contributed by atoms with van der Waals surface area (Å²) < 4.78 is 14.5. The lowest BCUT2D eigenvalue weighted by Crippen LogP contribution is -2.51. The van der Waals surface area contributed by atoms with Crippen molar-refractivity contribution in [1.82, 2.24) is 19.4 Å². The molecule has 0 unspecified atom stereocenters. The molecule has 8 nitrogen and oxygen atoms in total. The summed E-state index contributed by atoms with van der Waals surface area (Å²) >= 11 is 10.2. The van der Waals surface area contributed by atoms with Gasteiger partial charge in [0.05, 0.1) is 11.2 Å². The minimum atomic E-state index is -0.346. The number of benzene rings is 3. The zero-order chi connectivity index (χ0) is 37.2. The van der Waals surface area contributed by atoms with Crippen LogP contribution in [0.25, 0.3) is 0 Å². The Hall–Kier alpha value is -1.03. The van der Waals surface area contributed by atoms with Gasteiger partial charge in [-0.1, -0.05) is 96.3 Å². The Morgan fingerprint density at radius 2 is 0.922 bits per heavy atom. The first-order valence-electron chi connectivity index (χ1n) is 17.9. The van der Waals surface area contributed by atoms with Gasteiger partial charge in [-0.05, 0) is 87.8 Å². The highest BCUT2D eigenvalue weighted by Crippen LogP contribution is 2.36. The summed E-state index contributed by atoms with van der Waals surface area (Å²) in [5.41, 5.74) is 4.41. The van der Waals surface area contributed by atoms with Crippen molar-refractivity contribution in [3.63, 3.8) is 0 Å². The summed E-state index contributed by atoms with van der Waals surface area (Å²) in [6.45, 7) is 21.7. The van der Waals surface area contributed by atoms with E-state index in [4.69, 9.17) is 9.31 Å². The van der Waals surface area contributed by atoms with Crippen LogP contribution < -0.4 is 5.46 Å². The SMILES string of the molecule is BrCc1ccc(Br)cc1.CB(O)N1CCN(Cc2ccc(B3OC(C)(C)C(C)(C)O3)cc2)CC1.CB(O)N1CCN(Cc2ccc(Br)cc2)CC1. The molecule has 0 radical (unpaired) electrons. The van der Waals surface area contributed by atoms with Crippen molar-refractivity contribution in [1.29, 1.82) is 0 Å². The summed E-state index contributed by atoms with van der Waals surface area (Å²) in [5.74, 6) is 0. The maximum atomic E-state index is 9.64. The van der Waals surface area contributed by atoms with Crippen LogP contribution in [0.3, 0.4) is 0 Å². The van der Waals surface area contributed by atoms with Gasteiger partial charge in [0.25, 0.3) is 0 Å². The number of alkyl halides is 1. The van der Waals surface area contributed by atoms with Gasteiger partial charge in [-0.2, -0.15) is 0 Å². The second-order valence-corrected chi connectivity index (χ2v) is 17.0. The Kier molecular flexibility index (Phi) is 16.8. The molecule has 3 saturated heterocycles. The second kappa shape index (κ2) is 20.1. The molecule has 0 atom stereocenters. The van der Waals surface area contributed by atoms with E-state index in [-0.39, 0.29) is 32.4 Å². The van der Waals surface area contributed by atoms with E-state index in [2.05, 4.69) is 156 Å².